The van der Waals surface area contributed by atoms with Crippen molar-refractivity contribution < 1.29 is 4.39 Å². The number of nitrogens with one attached hydrogen (secondary N) is 1. The van der Waals surface area contributed by atoms with E-state index >= 15 is 0 Å². The van der Waals surface area contributed by atoms with Crippen molar-refractivity contribution in [3.8, 4) is 0 Å². The Morgan fingerprint density at radius 1 is 1.33 bits per heavy atom. The molecule has 1 N–H and O–H groups in total. The van der Waals surface area contributed by atoms with Gasteiger partial charge >= 0.3 is 0 Å². The Bertz CT molecular complexity index is 391. The zero-order chi connectivity index (χ0) is 13.0. The van der Waals surface area contributed by atoms with E-state index in [-0.39, 0.29) is 5.82 Å². The number of piperidine rings is 1. The van der Waals surface area contributed by atoms with Crippen molar-refractivity contribution in [2.75, 3.05) is 25.0 Å². The maximum absolute atomic E-state index is 13.7. The van der Waals surface area contributed by atoms with Crippen LogP contribution < -0.4 is 5.32 Å². The fourth-order valence-electron chi connectivity index (χ4n) is 2.31. The Morgan fingerprint density at radius 2 is 2.06 bits per heavy atom. The van der Waals surface area contributed by atoms with Crippen LogP contribution in [0.15, 0.2) is 6.33 Å². The van der Waals surface area contributed by atoms with E-state index in [4.69, 9.17) is 0 Å². The third-order valence-electron chi connectivity index (χ3n) is 3.54. The summed E-state index contributed by atoms with van der Waals surface area (Å²) < 4.78 is 13.7. The van der Waals surface area contributed by atoms with Crippen molar-refractivity contribution in [1.82, 2.24) is 14.9 Å². The second-order valence-electron chi connectivity index (χ2n) is 4.95. The predicted octanol–water partition coefficient (Wildman–Crippen LogP) is 2.21. The van der Waals surface area contributed by atoms with Gasteiger partial charge in [0.05, 0.1) is 5.69 Å². The molecule has 1 aliphatic heterocycles. The summed E-state index contributed by atoms with van der Waals surface area (Å²) in [6, 6.07) is 0.403. The molecule has 0 bridgehead atoms. The number of aromatic nitrogens is 2. The molecular weight excluding hydrogens is 231 g/mol. The van der Waals surface area contributed by atoms with Gasteiger partial charge in [0.15, 0.2) is 11.6 Å². The van der Waals surface area contributed by atoms with Gasteiger partial charge in [-0.1, -0.05) is 6.42 Å². The van der Waals surface area contributed by atoms with Crippen molar-refractivity contribution in [3.63, 3.8) is 0 Å². The summed E-state index contributed by atoms with van der Waals surface area (Å²) in [5.41, 5.74) is 0.387. The molecule has 0 spiro atoms. The zero-order valence-electron chi connectivity index (χ0n) is 11.1. The Morgan fingerprint density at radius 3 is 2.78 bits per heavy atom. The van der Waals surface area contributed by atoms with Gasteiger partial charge in [0.25, 0.3) is 0 Å². The first-order chi connectivity index (χ1) is 8.68. The fraction of sp³-hybridized carbons (Fsp3) is 0.692. The van der Waals surface area contributed by atoms with Crippen LogP contribution in [0.2, 0.25) is 0 Å². The third-order valence-corrected chi connectivity index (χ3v) is 3.54. The molecular formula is C13H21FN4. The number of rotatable bonds is 4. The first kappa shape index (κ1) is 13.2. The molecule has 0 aliphatic carbocycles. The van der Waals surface area contributed by atoms with Gasteiger partial charge in [-0.2, -0.15) is 0 Å². The van der Waals surface area contributed by atoms with Gasteiger partial charge in [0.2, 0.25) is 0 Å². The van der Waals surface area contributed by atoms with Crippen LogP contribution in [0.5, 0.6) is 0 Å². The summed E-state index contributed by atoms with van der Waals surface area (Å²) in [5, 5.41) is 3.08. The Balaban J connectivity index is 1.88. The normalized spacial score (nSPS) is 18.6. The molecule has 1 unspecified atom stereocenters. The molecule has 0 amide bonds. The van der Waals surface area contributed by atoms with E-state index in [1.54, 1.807) is 6.92 Å². The highest BCUT2D eigenvalue weighted by Crippen LogP contribution is 2.14. The summed E-state index contributed by atoms with van der Waals surface area (Å²) in [6.07, 6.45) is 5.26. The van der Waals surface area contributed by atoms with E-state index in [0.717, 1.165) is 13.1 Å². The van der Waals surface area contributed by atoms with Crippen molar-refractivity contribution in [2.45, 2.75) is 39.2 Å². The molecule has 1 atom stereocenters. The lowest BCUT2D eigenvalue weighted by atomic mass is 10.1. The number of halogens is 1. The van der Waals surface area contributed by atoms with E-state index < -0.39 is 0 Å². The number of hydrogen-bond donors (Lipinski definition) is 1. The van der Waals surface area contributed by atoms with E-state index in [2.05, 4.69) is 27.1 Å². The Kier molecular flexibility index (Phi) is 4.47. The zero-order valence-corrected chi connectivity index (χ0v) is 11.1. The van der Waals surface area contributed by atoms with E-state index in [1.807, 2.05) is 0 Å². The van der Waals surface area contributed by atoms with Crippen LogP contribution in [0.1, 0.15) is 31.9 Å². The molecule has 0 aromatic carbocycles. The van der Waals surface area contributed by atoms with Crippen LogP contribution in [0.25, 0.3) is 0 Å². The quantitative estimate of drug-likeness (QED) is 0.892. The van der Waals surface area contributed by atoms with Gasteiger partial charge in [-0.25, -0.2) is 14.4 Å². The van der Waals surface area contributed by atoms with Gasteiger partial charge in [-0.15, -0.1) is 0 Å². The maximum atomic E-state index is 13.7. The smallest absolute Gasteiger partial charge is 0.186 e. The van der Waals surface area contributed by atoms with Crippen molar-refractivity contribution in [2.24, 2.45) is 0 Å². The topological polar surface area (TPSA) is 41.1 Å². The van der Waals surface area contributed by atoms with Crippen LogP contribution in [-0.2, 0) is 0 Å². The molecule has 1 aromatic heterocycles. The van der Waals surface area contributed by atoms with E-state index in [1.165, 1.54) is 25.6 Å². The molecule has 1 fully saturated rings. The minimum absolute atomic E-state index is 0.311. The highest BCUT2D eigenvalue weighted by molar-refractivity contribution is 5.36. The molecule has 0 radical (unpaired) electrons. The summed E-state index contributed by atoms with van der Waals surface area (Å²) in [4.78, 5) is 10.2. The molecule has 18 heavy (non-hydrogen) atoms. The Labute approximate surface area is 108 Å². The van der Waals surface area contributed by atoms with Crippen LogP contribution in [-0.4, -0.2) is 40.5 Å². The molecule has 1 aromatic rings. The number of anilines is 1. The average molecular weight is 252 g/mol. The molecule has 1 saturated heterocycles. The summed E-state index contributed by atoms with van der Waals surface area (Å²) in [6.45, 7) is 6.83. The first-order valence-electron chi connectivity index (χ1n) is 6.63. The molecule has 0 saturated carbocycles. The summed E-state index contributed by atoms with van der Waals surface area (Å²) in [5.74, 6) is -0.0327. The maximum Gasteiger partial charge on any atom is 0.186 e. The molecule has 1 aliphatic rings. The number of hydrogen-bond acceptors (Lipinski definition) is 4. The van der Waals surface area contributed by atoms with Gasteiger partial charge in [-0.3, -0.25) is 4.90 Å². The fourth-order valence-corrected chi connectivity index (χ4v) is 2.31. The third kappa shape index (κ3) is 3.16. The lowest BCUT2D eigenvalue weighted by Gasteiger charge is -2.32. The average Bonchev–Trinajstić information content (AvgIpc) is 2.41. The summed E-state index contributed by atoms with van der Waals surface area (Å²) >= 11 is 0. The minimum Gasteiger partial charge on any atom is -0.366 e. The second-order valence-corrected chi connectivity index (χ2v) is 4.95. The van der Waals surface area contributed by atoms with Crippen LogP contribution in [0.4, 0.5) is 10.2 Å². The molecule has 2 rings (SSSR count). The number of nitrogens with zero attached hydrogens (tertiary/aromatic N) is 3. The number of likely N-dealkylation sites (tertiary alicyclic amines) is 1. The Hall–Kier alpha value is -1.23. The van der Waals surface area contributed by atoms with Gasteiger partial charge < -0.3 is 5.32 Å². The highest BCUT2D eigenvalue weighted by atomic mass is 19.1. The van der Waals surface area contributed by atoms with E-state index in [0.29, 0.717) is 24.1 Å². The molecule has 4 nitrogen and oxygen atoms in total. The monoisotopic (exact) mass is 252 g/mol. The second kappa shape index (κ2) is 6.09. The van der Waals surface area contributed by atoms with Crippen LogP contribution >= 0.6 is 0 Å². The van der Waals surface area contributed by atoms with Gasteiger partial charge in [0.1, 0.15) is 6.33 Å². The molecule has 2 heterocycles. The predicted molar refractivity (Wildman–Crippen MR) is 70.1 cm³/mol. The minimum atomic E-state index is -0.344. The first-order valence-corrected chi connectivity index (χ1v) is 6.63. The standard InChI is InChI=1S/C13H21FN4/c1-10(18-6-4-3-5-7-18)8-15-13-12(14)11(2)16-9-17-13/h9-10H,3-8H2,1-2H3,(H,15,16,17). The SMILES string of the molecule is Cc1ncnc(NCC(C)N2CCCCC2)c1F. The lowest BCUT2D eigenvalue weighted by Crippen LogP contribution is -2.41. The van der Waals surface area contributed by atoms with E-state index in [9.17, 15) is 4.39 Å². The van der Waals surface area contributed by atoms with Crippen molar-refractivity contribution in [3.05, 3.63) is 17.8 Å². The lowest BCUT2D eigenvalue weighted by molar-refractivity contribution is 0.180. The van der Waals surface area contributed by atoms with Crippen molar-refractivity contribution in [1.29, 1.82) is 0 Å². The van der Waals surface area contributed by atoms with Crippen LogP contribution in [0.3, 0.4) is 0 Å². The van der Waals surface area contributed by atoms with Gasteiger partial charge in [-0.05, 0) is 39.8 Å². The molecule has 5 heteroatoms. The molecule has 100 valence electrons. The number of aryl methyl sites for hydroxylation is 1. The summed E-state index contributed by atoms with van der Waals surface area (Å²) in [7, 11) is 0. The van der Waals surface area contributed by atoms with Gasteiger partial charge in [0, 0.05) is 12.6 Å². The van der Waals surface area contributed by atoms with Crippen LogP contribution in [0, 0.1) is 12.7 Å². The highest BCUT2D eigenvalue weighted by Gasteiger charge is 2.17. The van der Waals surface area contributed by atoms with Crippen molar-refractivity contribution >= 4 is 5.82 Å². The largest absolute Gasteiger partial charge is 0.366 e.